The second kappa shape index (κ2) is 8.27. The van der Waals surface area contributed by atoms with Gasteiger partial charge in [-0.05, 0) is 54.6 Å². The van der Waals surface area contributed by atoms with Gasteiger partial charge in [-0.15, -0.1) is 11.3 Å². The van der Waals surface area contributed by atoms with E-state index in [0.717, 1.165) is 16.9 Å². The number of rotatable bonds is 7. The molecule has 6 heteroatoms. The largest absolute Gasteiger partial charge is 0.455 e. The fourth-order valence-corrected chi connectivity index (χ4v) is 4.23. The first-order chi connectivity index (χ1) is 12.1. The van der Waals surface area contributed by atoms with Gasteiger partial charge in [0.2, 0.25) is 0 Å². The third kappa shape index (κ3) is 4.90. The Bertz CT molecular complexity index is 868. The molecule has 0 aliphatic carbocycles. The molecule has 1 N–H and O–H groups in total. The molecular formula is C19H19NO3S2. The molecule has 3 aromatic rings. The minimum absolute atomic E-state index is 0.246. The van der Waals surface area contributed by atoms with Gasteiger partial charge in [0.25, 0.3) is 5.91 Å². The molecule has 3 rings (SSSR count). The van der Waals surface area contributed by atoms with Gasteiger partial charge in [0, 0.05) is 16.3 Å². The third-order valence-corrected chi connectivity index (χ3v) is 5.91. The number of carbonyl (C=O) groups excluding carboxylic acids is 1. The van der Waals surface area contributed by atoms with Crippen LogP contribution in [-0.2, 0) is 23.0 Å². The number of nitrogens with one attached hydrogen (secondary N) is 1. The van der Waals surface area contributed by atoms with Crippen LogP contribution in [0.25, 0.3) is 0 Å². The zero-order valence-electron chi connectivity index (χ0n) is 13.9. The predicted octanol–water partition coefficient (Wildman–Crippen LogP) is 3.93. The van der Waals surface area contributed by atoms with Crippen LogP contribution in [-0.4, -0.2) is 16.7 Å². The van der Waals surface area contributed by atoms with E-state index in [1.807, 2.05) is 48.7 Å². The second-order valence-corrected chi connectivity index (χ2v) is 8.14. The maximum Gasteiger partial charge on any atom is 0.287 e. The Kier molecular flexibility index (Phi) is 5.83. The van der Waals surface area contributed by atoms with Crippen LogP contribution < -0.4 is 5.32 Å². The summed E-state index contributed by atoms with van der Waals surface area (Å²) in [5.74, 6) is 0.807. The van der Waals surface area contributed by atoms with E-state index >= 15 is 0 Å². The summed E-state index contributed by atoms with van der Waals surface area (Å²) in [6.07, 6.45) is 0.800. The van der Waals surface area contributed by atoms with Crippen molar-refractivity contribution in [2.45, 2.75) is 24.0 Å². The van der Waals surface area contributed by atoms with Crippen molar-refractivity contribution < 1.29 is 13.4 Å². The van der Waals surface area contributed by atoms with E-state index < -0.39 is 10.8 Å². The molecule has 2 aromatic heterocycles. The van der Waals surface area contributed by atoms with Crippen LogP contribution in [0.4, 0.5) is 0 Å². The first-order valence-electron chi connectivity index (χ1n) is 7.96. The number of aryl methyl sites for hydroxylation is 1. The number of carbonyl (C=O) groups is 1. The van der Waals surface area contributed by atoms with Crippen molar-refractivity contribution >= 4 is 28.0 Å². The first-order valence-corrected chi connectivity index (χ1v) is 10.2. The van der Waals surface area contributed by atoms with Crippen LogP contribution >= 0.6 is 11.3 Å². The SMILES string of the molecule is Cc1cccc(S(=O)Cc2ccc(C(=O)NCCc3cccs3)o2)c1. The summed E-state index contributed by atoms with van der Waals surface area (Å²) in [7, 11) is -1.19. The van der Waals surface area contributed by atoms with Crippen LogP contribution in [0.1, 0.15) is 26.8 Å². The lowest BCUT2D eigenvalue weighted by Crippen LogP contribution is -2.25. The molecule has 0 aliphatic heterocycles. The number of amides is 1. The Morgan fingerprint density at radius 3 is 2.84 bits per heavy atom. The molecule has 0 spiro atoms. The molecule has 1 amide bonds. The van der Waals surface area contributed by atoms with Gasteiger partial charge in [0.1, 0.15) is 5.76 Å². The summed E-state index contributed by atoms with van der Waals surface area (Å²) in [6.45, 7) is 2.52. The minimum Gasteiger partial charge on any atom is -0.455 e. The molecule has 4 nitrogen and oxygen atoms in total. The molecule has 0 fully saturated rings. The zero-order chi connectivity index (χ0) is 17.6. The average Bonchev–Trinajstić information content (AvgIpc) is 3.26. The van der Waals surface area contributed by atoms with E-state index in [1.54, 1.807) is 23.5 Å². The highest BCUT2D eigenvalue weighted by molar-refractivity contribution is 7.84. The highest BCUT2D eigenvalue weighted by Crippen LogP contribution is 2.16. The smallest absolute Gasteiger partial charge is 0.287 e. The van der Waals surface area contributed by atoms with Crippen molar-refractivity contribution in [1.82, 2.24) is 5.32 Å². The molecular weight excluding hydrogens is 354 g/mol. The lowest BCUT2D eigenvalue weighted by atomic mass is 10.2. The lowest BCUT2D eigenvalue weighted by molar-refractivity contribution is 0.0925. The van der Waals surface area contributed by atoms with E-state index in [4.69, 9.17) is 4.42 Å². The van der Waals surface area contributed by atoms with E-state index in [0.29, 0.717) is 12.3 Å². The molecule has 130 valence electrons. The fraction of sp³-hybridized carbons (Fsp3) is 0.211. The molecule has 0 radical (unpaired) electrons. The molecule has 25 heavy (non-hydrogen) atoms. The Hall–Kier alpha value is -2.18. The maximum atomic E-state index is 12.4. The van der Waals surface area contributed by atoms with Crippen molar-refractivity contribution in [3.63, 3.8) is 0 Å². The Labute approximate surface area is 153 Å². The summed E-state index contributed by atoms with van der Waals surface area (Å²) in [4.78, 5) is 14.1. The molecule has 2 heterocycles. The number of hydrogen-bond donors (Lipinski definition) is 1. The summed E-state index contributed by atoms with van der Waals surface area (Å²) in [5.41, 5.74) is 1.07. The minimum atomic E-state index is -1.19. The van der Waals surface area contributed by atoms with Gasteiger partial charge in [0.05, 0.1) is 16.6 Å². The quantitative estimate of drug-likeness (QED) is 0.683. The summed E-state index contributed by atoms with van der Waals surface area (Å²) in [6, 6.07) is 15.0. The van der Waals surface area contributed by atoms with Crippen LogP contribution in [0.3, 0.4) is 0 Å². The van der Waals surface area contributed by atoms with E-state index in [-0.39, 0.29) is 17.4 Å². The molecule has 0 bridgehead atoms. The van der Waals surface area contributed by atoms with Gasteiger partial charge < -0.3 is 9.73 Å². The van der Waals surface area contributed by atoms with Crippen LogP contribution in [0.15, 0.2) is 63.2 Å². The number of thiophene rings is 1. The van der Waals surface area contributed by atoms with Gasteiger partial charge in [-0.25, -0.2) is 0 Å². The highest BCUT2D eigenvalue weighted by Gasteiger charge is 2.13. The fourth-order valence-electron chi connectivity index (χ4n) is 2.39. The van der Waals surface area contributed by atoms with E-state index in [2.05, 4.69) is 5.32 Å². The summed E-state index contributed by atoms with van der Waals surface area (Å²) in [5, 5.41) is 4.86. The zero-order valence-corrected chi connectivity index (χ0v) is 15.5. The van der Waals surface area contributed by atoms with Crippen molar-refractivity contribution in [3.8, 4) is 0 Å². The number of benzene rings is 1. The number of hydrogen-bond acceptors (Lipinski definition) is 4. The molecule has 1 aromatic carbocycles. The Balaban J connectivity index is 1.54. The second-order valence-electron chi connectivity index (χ2n) is 5.66. The number of furan rings is 1. The Morgan fingerprint density at radius 2 is 2.08 bits per heavy atom. The van der Waals surface area contributed by atoms with E-state index in [1.165, 1.54) is 4.88 Å². The van der Waals surface area contributed by atoms with E-state index in [9.17, 15) is 9.00 Å². The average molecular weight is 373 g/mol. The summed E-state index contributed by atoms with van der Waals surface area (Å²) < 4.78 is 18.0. The predicted molar refractivity (Wildman–Crippen MR) is 100 cm³/mol. The van der Waals surface area contributed by atoms with Gasteiger partial charge in [-0.3, -0.25) is 9.00 Å². The molecule has 0 saturated heterocycles. The van der Waals surface area contributed by atoms with Crippen LogP contribution in [0.5, 0.6) is 0 Å². The lowest BCUT2D eigenvalue weighted by Gasteiger charge is -2.03. The molecule has 0 aliphatic rings. The summed E-state index contributed by atoms with van der Waals surface area (Å²) >= 11 is 1.67. The van der Waals surface area contributed by atoms with Crippen molar-refractivity contribution in [2.24, 2.45) is 0 Å². The van der Waals surface area contributed by atoms with Gasteiger partial charge in [-0.2, -0.15) is 0 Å². The highest BCUT2D eigenvalue weighted by atomic mass is 32.2. The van der Waals surface area contributed by atoms with Gasteiger partial charge in [-0.1, -0.05) is 18.2 Å². The van der Waals surface area contributed by atoms with Crippen LogP contribution in [0, 0.1) is 6.92 Å². The maximum absolute atomic E-state index is 12.4. The standard InChI is InChI=1S/C19H19NO3S2/c1-14-4-2-6-17(12-14)25(22)13-15-7-8-18(23-15)19(21)20-10-9-16-5-3-11-24-16/h2-8,11-12H,9-10,13H2,1H3,(H,20,21). The molecule has 0 saturated carbocycles. The van der Waals surface area contributed by atoms with Crippen molar-refractivity contribution in [3.05, 3.63) is 75.9 Å². The topological polar surface area (TPSA) is 59.3 Å². The van der Waals surface area contributed by atoms with Gasteiger partial charge >= 0.3 is 0 Å². The monoisotopic (exact) mass is 373 g/mol. The normalized spacial score (nSPS) is 12.0. The molecule has 1 unspecified atom stereocenters. The van der Waals surface area contributed by atoms with Gasteiger partial charge in [0.15, 0.2) is 5.76 Å². The first kappa shape index (κ1) is 17.6. The van der Waals surface area contributed by atoms with Crippen molar-refractivity contribution in [2.75, 3.05) is 6.54 Å². The van der Waals surface area contributed by atoms with Crippen molar-refractivity contribution in [1.29, 1.82) is 0 Å². The molecule has 1 atom stereocenters. The Morgan fingerprint density at radius 1 is 1.20 bits per heavy atom. The third-order valence-electron chi connectivity index (χ3n) is 3.65. The van der Waals surface area contributed by atoms with Crippen LogP contribution in [0.2, 0.25) is 0 Å².